The van der Waals surface area contributed by atoms with Crippen LogP contribution in [0.3, 0.4) is 0 Å². The van der Waals surface area contributed by atoms with E-state index in [4.69, 9.17) is 15.9 Å². The number of rotatable bonds is 5. The average Bonchev–Trinajstić information content (AvgIpc) is 1.86. The van der Waals surface area contributed by atoms with Crippen molar-refractivity contribution in [2.75, 3.05) is 11.5 Å². The number of thioether (sulfide) groups is 1. The van der Waals surface area contributed by atoms with Gasteiger partial charge in [0.25, 0.3) is 0 Å². The Morgan fingerprint density at radius 1 is 1.45 bits per heavy atom. The van der Waals surface area contributed by atoms with Crippen molar-refractivity contribution < 1.29 is 19.8 Å². The highest BCUT2D eigenvalue weighted by Crippen LogP contribution is 2.00. The van der Waals surface area contributed by atoms with Crippen LogP contribution < -0.4 is 5.73 Å². The molecule has 0 saturated heterocycles. The van der Waals surface area contributed by atoms with Gasteiger partial charge in [0.15, 0.2) is 0 Å². The third-order valence-corrected chi connectivity index (χ3v) is 1.89. The topological polar surface area (TPSA) is 101 Å². The Hall–Kier alpha value is -0.750. The molecule has 0 aromatic carbocycles. The summed E-state index contributed by atoms with van der Waals surface area (Å²) in [6.45, 7) is 0. The first kappa shape index (κ1) is 10.2. The fourth-order valence-electron chi connectivity index (χ4n) is 0.344. The molecule has 0 aromatic rings. The first-order valence-electron chi connectivity index (χ1n) is 2.82. The molecule has 0 aliphatic rings. The highest BCUT2D eigenvalue weighted by molar-refractivity contribution is 8.00. The number of aliphatic carboxylic acids is 2. The van der Waals surface area contributed by atoms with E-state index in [0.717, 1.165) is 11.8 Å². The molecular formula is C5H9NO4S. The third kappa shape index (κ3) is 5.68. The molecule has 6 heteroatoms. The largest absolute Gasteiger partial charge is 0.481 e. The van der Waals surface area contributed by atoms with Crippen LogP contribution in [-0.4, -0.2) is 39.7 Å². The molecule has 5 nitrogen and oxygen atoms in total. The van der Waals surface area contributed by atoms with Crippen molar-refractivity contribution in [3.05, 3.63) is 0 Å². The van der Waals surface area contributed by atoms with Crippen LogP contribution in [0.25, 0.3) is 0 Å². The van der Waals surface area contributed by atoms with Crippen molar-refractivity contribution in [2.45, 2.75) is 6.04 Å². The van der Waals surface area contributed by atoms with Crippen LogP contribution in [0, 0.1) is 0 Å². The average molecular weight is 181 g/mol. The second-order valence-electron chi connectivity index (χ2n) is 1.85. The maximum absolute atomic E-state index is 10.1. The fourth-order valence-corrected chi connectivity index (χ4v) is 1.03. The van der Waals surface area contributed by atoms with Crippen LogP contribution in [0.4, 0.5) is 0 Å². The van der Waals surface area contributed by atoms with Crippen LogP contribution in [-0.2, 0) is 9.59 Å². The van der Waals surface area contributed by atoms with E-state index in [0.29, 0.717) is 0 Å². The molecule has 0 unspecified atom stereocenters. The molecule has 0 radical (unpaired) electrons. The van der Waals surface area contributed by atoms with Gasteiger partial charge in [0.2, 0.25) is 0 Å². The van der Waals surface area contributed by atoms with E-state index in [1.165, 1.54) is 0 Å². The first-order chi connectivity index (χ1) is 5.04. The summed E-state index contributed by atoms with van der Waals surface area (Å²) >= 11 is 0.992. The predicted octanol–water partition coefficient (Wildman–Crippen LogP) is -0.784. The molecule has 4 N–H and O–H groups in total. The van der Waals surface area contributed by atoms with Crippen LogP contribution in [0.2, 0.25) is 0 Å². The zero-order valence-corrected chi connectivity index (χ0v) is 6.50. The Labute approximate surface area is 67.6 Å². The second kappa shape index (κ2) is 4.97. The van der Waals surface area contributed by atoms with Gasteiger partial charge in [-0.1, -0.05) is 0 Å². The van der Waals surface area contributed by atoms with E-state index < -0.39 is 18.0 Å². The molecule has 0 spiro atoms. The SMILES string of the molecule is N[C@@H](CS[13CH2][13C](=O)O)C(=O)O. The smallest absolute Gasteiger partial charge is 0.321 e. The lowest BCUT2D eigenvalue weighted by atomic mass is 10.4. The van der Waals surface area contributed by atoms with Crippen LogP contribution in [0.1, 0.15) is 0 Å². The summed E-state index contributed by atoms with van der Waals surface area (Å²) in [5.41, 5.74) is 5.09. The highest BCUT2D eigenvalue weighted by atomic mass is 32.2. The van der Waals surface area contributed by atoms with Gasteiger partial charge < -0.3 is 15.9 Å². The molecule has 0 rings (SSSR count). The van der Waals surface area contributed by atoms with E-state index in [9.17, 15) is 9.59 Å². The number of carboxylic acid groups (broad SMARTS) is 2. The van der Waals surface area contributed by atoms with Crippen LogP contribution in [0.5, 0.6) is 0 Å². The molecule has 0 aliphatic heterocycles. The molecule has 11 heavy (non-hydrogen) atoms. The van der Waals surface area contributed by atoms with Gasteiger partial charge in [0, 0.05) is 5.75 Å². The number of hydrogen-bond acceptors (Lipinski definition) is 4. The maximum Gasteiger partial charge on any atom is 0.321 e. The Kier molecular flexibility index (Phi) is 4.64. The van der Waals surface area contributed by atoms with Gasteiger partial charge in [0.1, 0.15) is 6.04 Å². The fraction of sp³-hybridized carbons (Fsp3) is 0.600. The zero-order chi connectivity index (χ0) is 8.85. The molecule has 64 valence electrons. The van der Waals surface area contributed by atoms with Gasteiger partial charge in [-0.2, -0.15) is 0 Å². The molecular weight excluding hydrogens is 172 g/mol. The lowest BCUT2D eigenvalue weighted by Gasteiger charge is -2.02. The van der Waals surface area contributed by atoms with E-state index in [-0.39, 0.29) is 11.5 Å². The molecule has 0 aliphatic carbocycles. The molecule has 0 heterocycles. The minimum absolute atomic E-state index is 0.110. The molecule has 0 bridgehead atoms. The molecule has 0 aromatic heterocycles. The van der Waals surface area contributed by atoms with E-state index >= 15 is 0 Å². The molecule has 1 atom stereocenters. The molecule has 0 fully saturated rings. The minimum Gasteiger partial charge on any atom is -0.481 e. The monoisotopic (exact) mass is 181 g/mol. The standard InChI is InChI=1S/C5H9NO4S/c6-3(5(9)10)1-11-2-4(7)8/h3H,1-2,6H2,(H,7,8)(H,9,10)/t3-/m0/s1/i2+1,4+1. The zero-order valence-electron chi connectivity index (χ0n) is 5.69. The van der Waals surface area contributed by atoms with E-state index in [1.54, 1.807) is 0 Å². The van der Waals surface area contributed by atoms with Gasteiger partial charge in [-0.3, -0.25) is 9.59 Å². The van der Waals surface area contributed by atoms with Crippen molar-refractivity contribution in [1.82, 2.24) is 0 Å². The summed E-state index contributed by atoms with van der Waals surface area (Å²) in [5, 5.41) is 16.4. The second-order valence-corrected chi connectivity index (χ2v) is 2.88. The quantitative estimate of drug-likeness (QED) is 0.481. The molecule has 0 amide bonds. The van der Waals surface area contributed by atoms with Gasteiger partial charge in [-0.15, -0.1) is 11.8 Å². The Morgan fingerprint density at radius 2 is 2.00 bits per heavy atom. The lowest BCUT2D eigenvalue weighted by Crippen LogP contribution is -2.32. The number of carboxylic acids is 2. The third-order valence-electron chi connectivity index (χ3n) is 0.840. The number of nitrogens with two attached hydrogens (primary N) is 1. The Morgan fingerprint density at radius 3 is 2.36 bits per heavy atom. The maximum atomic E-state index is 10.1. The summed E-state index contributed by atoms with van der Waals surface area (Å²) in [7, 11) is 0. The summed E-state index contributed by atoms with van der Waals surface area (Å²) in [4.78, 5) is 20.0. The van der Waals surface area contributed by atoms with Gasteiger partial charge in [-0.25, -0.2) is 0 Å². The van der Waals surface area contributed by atoms with E-state index in [1.807, 2.05) is 0 Å². The summed E-state index contributed by atoms with van der Waals surface area (Å²) in [6.07, 6.45) is 0. The summed E-state index contributed by atoms with van der Waals surface area (Å²) in [6, 6.07) is -0.973. The van der Waals surface area contributed by atoms with Crippen molar-refractivity contribution in [2.24, 2.45) is 5.73 Å². The molecule has 0 saturated carbocycles. The minimum atomic E-state index is -1.11. The van der Waals surface area contributed by atoms with E-state index in [2.05, 4.69) is 0 Å². The number of carbonyl (C=O) groups is 2. The predicted molar refractivity (Wildman–Crippen MR) is 40.6 cm³/mol. The normalized spacial score (nSPS) is 12.5. The first-order valence-corrected chi connectivity index (χ1v) is 3.97. The Balaban J connectivity index is 3.39. The number of hydrogen-bond donors (Lipinski definition) is 3. The summed E-state index contributed by atoms with van der Waals surface area (Å²) in [5.74, 6) is -2.06. The van der Waals surface area contributed by atoms with Crippen molar-refractivity contribution in [1.29, 1.82) is 0 Å². The van der Waals surface area contributed by atoms with Crippen LogP contribution in [0.15, 0.2) is 0 Å². The van der Waals surface area contributed by atoms with Crippen LogP contribution >= 0.6 is 11.8 Å². The van der Waals surface area contributed by atoms with Gasteiger partial charge >= 0.3 is 11.9 Å². The van der Waals surface area contributed by atoms with Crippen molar-refractivity contribution >= 4 is 23.7 Å². The van der Waals surface area contributed by atoms with Crippen molar-refractivity contribution in [3.63, 3.8) is 0 Å². The van der Waals surface area contributed by atoms with Gasteiger partial charge in [0.05, 0.1) is 5.75 Å². The van der Waals surface area contributed by atoms with Crippen molar-refractivity contribution in [3.8, 4) is 0 Å². The van der Waals surface area contributed by atoms with Gasteiger partial charge in [-0.05, 0) is 0 Å². The highest BCUT2D eigenvalue weighted by Gasteiger charge is 2.11. The Bertz CT molecular complexity index is 161. The summed E-state index contributed by atoms with van der Waals surface area (Å²) < 4.78 is 0. The lowest BCUT2D eigenvalue weighted by molar-refractivity contribution is -0.138.